The van der Waals surface area contributed by atoms with Crippen LogP contribution in [0.15, 0.2) is 12.3 Å². The highest BCUT2D eigenvalue weighted by molar-refractivity contribution is 7.92. The number of pyridine rings is 1. The molecule has 1 aromatic heterocycles. The van der Waals surface area contributed by atoms with Gasteiger partial charge in [-0.2, -0.15) is 0 Å². The largest absolute Gasteiger partial charge is 0.481 e. The van der Waals surface area contributed by atoms with Gasteiger partial charge in [-0.25, -0.2) is 13.4 Å². The van der Waals surface area contributed by atoms with E-state index in [4.69, 9.17) is 4.74 Å². The average Bonchev–Trinajstić information content (AvgIpc) is 2.45. The van der Waals surface area contributed by atoms with Crippen molar-refractivity contribution in [2.75, 3.05) is 7.11 Å². The van der Waals surface area contributed by atoms with Crippen LogP contribution in [-0.4, -0.2) is 36.8 Å². The van der Waals surface area contributed by atoms with E-state index in [0.717, 1.165) is 12.0 Å². The second kappa shape index (κ2) is 5.65. The average molecular weight is 323 g/mol. The van der Waals surface area contributed by atoms with E-state index < -0.39 is 9.84 Å². The van der Waals surface area contributed by atoms with Crippen LogP contribution in [0.1, 0.15) is 48.0 Å². The first kappa shape index (κ1) is 15.5. The van der Waals surface area contributed by atoms with Gasteiger partial charge in [0.05, 0.1) is 17.6 Å². The van der Waals surface area contributed by atoms with Crippen LogP contribution >= 0.6 is 0 Å². The third kappa shape index (κ3) is 2.53. The summed E-state index contributed by atoms with van der Waals surface area (Å²) in [5.41, 5.74) is 1.42. The van der Waals surface area contributed by atoms with Crippen LogP contribution in [-0.2, 0) is 9.84 Å². The lowest BCUT2D eigenvalue weighted by atomic mass is 9.84. The van der Waals surface area contributed by atoms with E-state index >= 15 is 0 Å². The Morgan fingerprint density at radius 1 is 1.27 bits per heavy atom. The number of carbonyl (C=O) groups excluding carboxylic acids is 1. The van der Waals surface area contributed by atoms with E-state index in [2.05, 4.69) is 4.98 Å². The molecule has 0 radical (unpaired) electrons. The molecule has 3 rings (SSSR count). The fourth-order valence-electron chi connectivity index (χ4n) is 3.74. The minimum atomic E-state index is -3.02. The summed E-state index contributed by atoms with van der Waals surface area (Å²) in [6.45, 7) is 1.86. The van der Waals surface area contributed by atoms with Gasteiger partial charge in [0.1, 0.15) is 0 Å². The van der Waals surface area contributed by atoms with Gasteiger partial charge in [-0.3, -0.25) is 4.79 Å². The molecule has 3 heterocycles. The Balaban J connectivity index is 1.85. The number of aryl methyl sites for hydroxylation is 1. The number of hydrogen-bond donors (Lipinski definition) is 0. The van der Waals surface area contributed by atoms with Crippen molar-refractivity contribution in [2.45, 2.75) is 49.5 Å². The van der Waals surface area contributed by atoms with E-state index in [-0.39, 0.29) is 22.2 Å². The summed E-state index contributed by atoms with van der Waals surface area (Å²) < 4.78 is 29.7. The summed E-state index contributed by atoms with van der Waals surface area (Å²) in [5.74, 6) is 0.310. The van der Waals surface area contributed by atoms with Crippen molar-refractivity contribution < 1.29 is 17.9 Å². The number of ether oxygens (including phenoxy) is 1. The zero-order chi connectivity index (χ0) is 15.9. The summed E-state index contributed by atoms with van der Waals surface area (Å²) in [5, 5.41) is -0.666. The SMILES string of the molecule is COc1cc(C)c(C(=O)C2CC3CCCC(C2)S3(=O)=O)cn1. The summed E-state index contributed by atoms with van der Waals surface area (Å²) in [6, 6.07) is 1.74. The Morgan fingerprint density at radius 3 is 2.45 bits per heavy atom. The molecule has 0 aromatic carbocycles. The Hall–Kier alpha value is -1.43. The predicted molar refractivity (Wildman–Crippen MR) is 82.9 cm³/mol. The third-order valence-corrected chi connectivity index (χ3v) is 7.72. The molecule has 0 N–H and O–H groups in total. The van der Waals surface area contributed by atoms with Gasteiger partial charge in [-0.1, -0.05) is 6.42 Å². The highest BCUT2D eigenvalue weighted by Gasteiger charge is 2.46. The number of aromatic nitrogens is 1. The molecule has 0 spiro atoms. The van der Waals surface area contributed by atoms with E-state index in [1.165, 1.54) is 7.11 Å². The number of ketones is 1. The number of carbonyl (C=O) groups is 1. The van der Waals surface area contributed by atoms with Gasteiger partial charge in [-0.15, -0.1) is 0 Å². The second-order valence-corrected chi connectivity index (χ2v) is 8.85. The molecule has 2 aliphatic heterocycles. The number of sulfone groups is 1. The maximum Gasteiger partial charge on any atom is 0.213 e. The number of hydrogen-bond acceptors (Lipinski definition) is 5. The summed E-state index contributed by atoms with van der Waals surface area (Å²) in [6.07, 6.45) is 4.82. The molecule has 1 aromatic rings. The third-order valence-electron chi connectivity index (χ3n) is 5.01. The smallest absolute Gasteiger partial charge is 0.213 e. The van der Waals surface area contributed by atoms with Crippen LogP contribution in [0.25, 0.3) is 0 Å². The molecule has 2 atom stereocenters. The summed E-state index contributed by atoms with van der Waals surface area (Å²) in [7, 11) is -1.48. The summed E-state index contributed by atoms with van der Waals surface area (Å²) in [4.78, 5) is 16.9. The number of Topliss-reactive ketones (excluding diaryl/α,β-unsaturated/α-hetero) is 1. The van der Waals surface area contributed by atoms with Crippen molar-refractivity contribution in [3.05, 3.63) is 23.4 Å². The molecule has 0 saturated carbocycles. The first-order chi connectivity index (χ1) is 10.4. The topological polar surface area (TPSA) is 73.3 Å². The van der Waals surface area contributed by atoms with Crippen molar-refractivity contribution in [1.82, 2.24) is 4.98 Å². The normalized spacial score (nSPS) is 29.8. The summed E-state index contributed by atoms with van der Waals surface area (Å²) >= 11 is 0. The standard InChI is InChI=1S/C16H21NO4S/c1-10-6-15(21-2)17-9-14(10)16(18)11-7-12-4-3-5-13(8-11)22(12,19)20/h6,9,11-13H,3-5,7-8H2,1-2H3. The van der Waals surface area contributed by atoms with Crippen molar-refractivity contribution >= 4 is 15.6 Å². The first-order valence-corrected chi connectivity index (χ1v) is 9.32. The number of methoxy groups -OCH3 is 1. The van der Waals surface area contributed by atoms with Crippen LogP contribution in [0.4, 0.5) is 0 Å². The van der Waals surface area contributed by atoms with E-state index in [0.29, 0.717) is 37.1 Å². The molecule has 2 bridgehead atoms. The van der Waals surface area contributed by atoms with Gasteiger partial charge < -0.3 is 4.74 Å². The molecule has 120 valence electrons. The number of fused-ring (bicyclic) bond motifs is 2. The van der Waals surface area contributed by atoms with Crippen LogP contribution in [0.3, 0.4) is 0 Å². The van der Waals surface area contributed by atoms with Gasteiger partial charge in [0.2, 0.25) is 5.88 Å². The predicted octanol–water partition coefficient (Wildman–Crippen LogP) is 2.33. The van der Waals surface area contributed by atoms with Gasteiger partial charge >= 0.3 is 0 Å². The Kier molecular flexibility index (Phi) is 3.97. The first-order valence-electron chi connectivity index (χ1n) is 7.71. The lowest BCUT2D eigenvalue weighted by molar-refractivity contribution is 0.0893. The minimum absolute atomic E-state index is 0.0273. The number of nitrogens with zero attached hydrogens (tertiary/aromatic N) is 1. The molecule has 22 heavy (non-hydrogen) atoms. The molecule has 2 unspecified atom stereocenters. The zero-order valence-electron chi connectivity index (χ0n) is 12.9. The molecule has 2 aliphatic rings. The fourth-order valence-corrected chi connectivity index (χ4v) is 6.28. The van der Waals surface area contributed by atoms with Crippen molar-refractivity contribution in [1.29, 1.82) is 0 Å². The van der Waals surface area contributed by atoms with E-state index in [1.807, 2.05) is 6.92 Å². The fraction of sp³-hybridized carbons (Fsp3) is 0.625. The van der Waals surface area contributed by atoms with Gasteiger partial charge in [0, 0.05) is 23.7 Å². The molecule has 5 nitrogen and oxygen atoms in total. The highest BCUT2D eigenvalue weighted by Crippen LogP contribution is 2.40. The van der Waals surface area contributed by atoms with E-state index in [9.17, 15) is 13.2 Å². The molecular formula is C16H21NO4S. The van der Waals surface area contributed by atoms with Crippen LogP contribution in [0.2, 0.25) is 0 Å². The van der Waals surface area contributed by atoms with Crippen LogP contribution < -0.4 is 4.74 Å². The molecule has 0 amide bonds. The highest BCUT2D eigenvalue weighted by atomic mass is 32.2. The minimum Gasteiger partial charge on any atom is -0.481 e. The number of rotatable bonds is 3. The van der Waals surface area contributed by atoms with E-state index in [1.54, 1.807) is 12.3 Å². The van der Waals surface area contributed by atoms with Crippen molar-refractivity contribution in [3.63, 3.8) is 0 Å². The maximum atomic E-state index is 12.8. The lowest BCUT2D eigenvalue weighted by Crippen LogP contribution is -2.45. The zero-order valence-corrected chi connectivity index (χ0v) is 13.7. The second-order valence-electron chi connectivity index (χ2n) is 6.34. The van der Waals surface area contributed by atoms with Gasteiger partial charge in [0.25, 0.3) is 0 Å². The quantitative estimate of drug-likeness (QED) is 0.798. The Bertz CT molecular complexity index is 678. The van der Waals surface area contributed by atoms with Crippen molar-refractivity contribution in [3.8, 4) is 5.88 Å². The van der Waals surface area contributed by atoms with Crippen molar-refractivity contribution in [2.24, 2.45) is 5.92 Å². The van der Waals surface area contributed by atoms with Gasteiger partial charge in [-0.05, 0) is 38.2 Å². The lowest BCUT2D eigenvalue weighted by Gasteiger charge is -2.38. The van der Waals surface area contributed by atoms with Crippen LogP contribution in [0.5, 0.6) is 5.88 Å². The molecule has 2 fully saturated rings. The Morgan fingerprint density at radius 2 is 1.91 bits per heavy atom. The Labute approximate surface area is 131 Å². The monoisotopic (exact) mass is 323 g/mol. The molecule has 2 saturated heterocycles. The van der Waals surface area contributed by atoms with Gasteiger partial charge in [0.15, 0.2) is 15.6 Å². The van der Waals surface area contributed by atoms with Crippen LogP contribution in [0, 0.1) is 12.8 Å². The molecule has 6 heteroatoms. The molecular weight excluding hydrogens is 302 g/mol. The maximum absolute atomic E-state index is 12.8. The molecule has 0 aliphatic carbocycles.